The summed E-state index contributed by atoms with van der Waals surface area (Å²) in [5.74, 6) is -0.00199. The van der Waals surface area contributed by atoms with Crippen molar-refractivity contribution in [3.8, 4) is 0 Å². The quantitative estimate of drug-likeness (QED) is 0.241. The maximum atomic E-state index is 12.9. The van der Waals surface area contributed by atoms with Crippen LogP contribution < -0.4 is 15.5 Å². The van der Waals surface area contributed by atoms with Crippen LogP contribution in [0, 0.1) is 0 Å². The van der Waals surface area contributed by atoms with Crippen molar-refractivity contribution in [2.45, 2.75) is 32.6 Å². The van der Waals surface area contributed by atoms with E-state index in [1.54, 1.807) is 4.90 Å². The topological polar surface area (TPSA) is 64.7 Å². The number of nitrogens with one attached hydrogen (secondary N) is 2. The molecule has 6 nitrogen and oxygen atoms in total. The first-order valence-electron chi connectivity index (χ1n) is 11.2. The van der Waals surface area contributed by atoms with Gasteiger partial charge in [0.1, 0.15) is 0 Å². The lowest BCUT2D eigenvalue weighted by molar-refractivity contribution is -0.109. The molecule has 0 atom stereocenters. The summed E-state index contributed by atoms with van der Waals surface area (Å²) in [4.78, 5) is 27.6. The van der Waals surface area contributed by atoms with Gasteiger partial charge in [-0.15, -0.1) is 0 Å². The second kappa shape index (κ2) is 14.2. The van der Waals surface area contributed by atoms with Crippen LogP contribution in [0.25, 0.3) is 0 Å². The van der Waals surface area contributed by atoms with Gasteiger partial charge in [-0.25, -0.2) is 0 Å². The first kappa shape index (κ1) is 25.3. The number of hydrogen-bond acceptors (Lipinski definition) is 4. The molecule has 0 aliphatic carbocycles. The average Bonchev–Trinajstić information content (AvgIpc) is 2.82. The summed E-state index contributed by atoms with van der Waals surface area (Å²) in [5.41, 5.74) is 5.02. The highest BCUT2D eigenvalue weighted by molar-refractivity contribution is 7.79. The van der Waals surface area contributed by atoms with Gasteiger partial charge >= 0.3 is 0 Å². The van der Waals surface area contributed by atoms with Gasteiger partial charge in [-0.05, 0) is 42.7 Å². The fourth-order valence-electron chi connectivity index (χ4n) is 3.55. The fourth-order valence-corrected chi connectivity index (χ4v) is 3.68. The Kier molecular flexibility index (Phi) is 11.2. The molecule has 0 aliphatic rings. The summed E-state index contributed by atoms with van der Waals surface area (Å²) >= 11 is 5.00. The third-order valence-electron chi connectivity index (χ3n) is 5.37. The predicted molar refractivity (Wildman–Crippen MR) is 137 cm³/mol. The van der Waals surface area contributed by atoms with Crippen LogP contribution in [0.1, 0.15) is 42.1 Å². The lowest BCUT2D eigenvalue weighted by Gasteiger charge is -2.25. The van der Waals surface area contributed by atoms with E-state index >= 15 is 0 Å². The summed E-state index contributed by atoms with van der Waals surface area (Å²) in [7, 11) is 1.85. The molecule has 0 aliphatic heterocycles. The number of anilines is 2. The van der Waals surface area contributed by atoms with Crippen LogP contribution in [0.15, 0.2) is 48.5 Å². The Morgan fingerprint density at radius 2 is 1.84 bits per heavy atom. The van der Waals surface area contributed by atoms with E-state index in [-0.39, 0.29) is 5.91 Å². The minimum atomic E-state index is -0.00199. The number of carbonyl (C=O) groups excluding carboxylic acids is 2. The fraction of sp³-hybridized carbons (Fsp3) is 0.400. The number of carbonyl (C=O) groups is 2. The number of benzene rings is 2. The van der Waals surface area contributed by atoms with Gasteiger partial charge in [0.2, 0.25) is 6.41 Å². The van der Waals surface area contributed by atoms with E-state index in [4.69, 9.17) is 12.2 Å². The van der Waals surface area contributed by atoms with Gasteiger partial charge in [-0.3, -0.25) is 9.59 Å². The van der Waals surface area contributed by atoms with Gasteiger partial charge in [0, 0.05) is 38.9 Å². The van der Waals surface area contributed by atoms with Crippen molar-refractivity contribution in [3.63, 3.8) is 0 Å². The van der Waals surface area contributed by atoms with Crippen LogP contribution >= 0.6 is 12.2 Å². The van der Waals surface area contributed by atoms with Crippen LogP contribution in [0.3, 0.4) is 0 Å². The van der Waals surface area contributed by atoms with E-state index in [0.717, 1.165) is 62.1 Å². The predicted octanol–water partition coefficient (Wildman–Crippen LogP) is 4.11. The molecule has 0 saturated carbocycles. The van der Waals surface area contributed by atoms with E-state index in [1.165, 1.54) is 5.49 Å². The zero-order valence-corrected chi connectivity index (χ0v) is 19.9. The summed E-state index contributed by atoms with van der Waals surface area (Å²) in [6.07, 6.45) is 4.76. The van der Waals surface area contributed by atoms with E-state index in [1.807, 2.05) is 43.4 Å². The minimum absolute atomic E-state index is 0.00199. The van der Waals surface area contributed by atoms with Gasteiger partial charge in [-0.2, -0.15) is 0 Å². The Morgan fingerprint density at radius 1 is 1.06 bits per heavy atom. The maximum Gasteiger partial charge on any atom is 0.255 e. The standard InChI is InChI=1S/C25H34N4O2S/c1-3-4-8-15-28(2)25(31)23-12-11-21(18-24(23)27-20-32)13-16-29(17-14-26-19-30)22-9-6-5-7-10-22/h5-7,9-12,18-20H,3-4,8,13-17H2,1-2H3,(H,26,30)(H,27,32). The normalized spacial score (nSPS) is 10.3. The highest BCUT2D eigenvalue weighted by Gasteiger charge is 2.16. The smallest absolute Gasteiger partial charge is 0.255 e. The van der Waals surface area contributed by atoms with Crippen LogP contribution in [0.4, 0.5) is 11.4 Å². The Morgan fingerprint density at radius 3 is 2.53 bits per heavy atom. The minimum Gasteiger partial charge on any atom is -0.369 e. The van der Waals surface area contributed by atoms with Gasteiger partial charge in [-0.1, -0.05) is 56.2 Å². The van der Waals surface area contributed by atoms with E-state index in [0.29, 0.717) is 18.7 Å². The van der Waals surface area contributed by atoms with E-state index < -0.39 is 0 Å². The van der Waals surface area contributed by atoms with Gasteiger partial charge in [0.25, 0.3) is 5.91 Å². The Labute approximate surface area is 197 Å². The second-order valence-corrected chi connectivity index (χ2v) is 7.96. The van der Waals surface area contributed by atoms with Gasteiger partial charge < -0.3 is 20.4 Å². The highest BCUT2D eigenvalue weighted by atomic mass is 32.1. The summed E-state index contributed by atoms with van der Waals surface area (Å²) in [6, 6.07) is 16.0. The molecule has 2 aromatic carbocycles. The molecule has 0 radical (unpaired) electrons. The van der Waals surface area contributed by atoms with Crippen molar-refractivity contribution in [1.82, 2.24) is 10.2 Å². The summed E-state index contributed by atoms with van der Waals surface area (Å²) in [5, 5.41) is 5.79. The maximum absolute atomic E-state index is 12.9. The van der Waals surface area contributed by atoms with Crippen LogP contribution in [0.2, 0.25) is 0 Å². The largest absolute Gasteiger partial charge is 0.369 e. The molecule has 0 aromatic heterocycles. The number of para-hydroxylation sites is 1. The van der Waals surface area contributed by atoms with Crippen molar-refractivity contribution in [2.75, 3.05) is 43.4 Å². The number of nitrogens with zero attached hydrogens (tertiary/aromatic N) is 2. The van der Waals surface area contributed by atoms with Crippen LogP contribution in [0.5, 0.6) is 0 Å². The molecule has 0 fully saturated rings. The summed E-state index contributed by atoms with van der Waals surface area (Å²) in [6.45, 7) is 4.97. The van der Waals surface area contributed by atoms with Crippen molar-refractivity contribution in [1.29, 1.82) is 0 Å². The number of unbranched alkanes of at least 4 members (excludes halogenated alkanes) is 2. The molecule has 2 rings (SSSR count). The first-order valence-corrected chi connectivity index (χ1v) is 11.6. The molecule has 172 valence electrons. The molecule has 2 N–H and O–H groups in total. The van der Waals surface area contributed by atoms with E-state index in [9.17, 15) is 9.59 Å². The van der Waals surface area contributed by atoms with Crippen LogP contribution in [-0.4, -0.2) is 55.9 Å². The van der Waals surface area contributed by atoms with Crippen molar-refractivity contribution >= 4 is 41.4 Å². The molecule has 32 heavy (non-hydrogen) atoms. The van der Waals surface area contributed by atoms with Gasteiger partial charge in [0.05, 0.1) is 16.7 Å². The monoisotopic (exact) mass is 454 g/mol. The third kappa shape index (κ3) is 7.96. The lowest BCUT2D eigenvalue weighted by Crippen LogP contribution is -2.33. The SMILES string of the molecule is CCCCCN(C)C(=O)c1ccc(CCN(CCNC=O)c2ccccc2)cc1NC=S. The Balaban J connectivity index is 2.11. The van der Waals surface area contributed by atoms with Crippen LogP contribution in [-0.2, 0) is 11.2 Å². The summed E-state index contributed by atoms with van der Waals surface area (Å²) < 4.78 is 0. The number of thiocarbonyl (C=S) groups is 1. The van der Waals surface area contributed by atoms with E-state index in [2.05, 4.69) is 34.6 Å². The first-order chi connectivity index (χ1) is 15.6. The van der Waals surface area contributed by atoms with Gasteiger partial charge in [0.15, 0.2) is 0 Å². The van der Waals surface area contributed by atoms with Crippen molar-refractivity contribution < 1.29 is 9.59 Å². The Bertz CT molecular complexity index is 860. The molecule has 0 heterocycles. The molecule has 2 amide bonds. The molecule has 0 unspecified atom stereocenters. The second-order valence-electron chi connectivity index (χ2n) is 7.72. The Hall–Kier alpha value is -2.93. The average molecular weight is 455 g/mol. The van der Waals surface area contributed by atoms with Crippen molar-refractivity contribution in [2.24, 2.45) is 0 Å². The number of rotatable bonds is 15. The molecular weight excluding hydrogens is 420 g/mol. The molecule has 0 bridgehead atoms. The molecule has 2 aromatic rings. The molecule has 0 saturated heterocycles. The number of amides is 2. The molecule has 7 heteroatoms. The molecule has 0 spiro atoms. The lowest BCUT2D eigenvalue weighted by atomic mass is 10.0. The third-order valence-corrected chi connectivity index (χ3v) is 5.49. The molecular formula is C25H34N4O2S. The number of hydrogen-bond donors (Lipinski definition) is 2. The zero-order chi connectivity index (χ0) is 23.2. The van der Waals surface area contributed by atoms with Crippen molar-refractivity contribution in [3.05, 3.63) is 59.7 Å². The highest BCUT2D eigenvalue weighted by Crippen LogP contribution is 2.21. The zero-order valence-electron chi connectivity index (χ0n) is 19.0.